The molecule has 94 valence electrons. The van der Waals surface area contributed by atoms with Crippen LogP contribution in [0.4, 0.5) is 5.69 Å². The molecule has 1 saturated heterocycles. The molecule has 0 aliphatic carbocycles. The molecule has 0 bridgehead atoms. The maximum atomic E-state index is 3.73. The van der Waals surface area contributed by atoms with Crippen LogP contribution in [0.3, 0.4) is 0 Å². The Morgan fingerprint density at radius 1 is 1.18 bits per heavy atom. The molecule has 1 nitrogen and oxygen atoms in total. The van der Waals surface area contributed by atoms with Crippen molar-refractivity contribution in [1.29, 1.82) is 0 Å². The molecule has 0 amide bonds. The van der Waals surface area contributed by atoms with E-state index in [1.165, 1.54) is 34.7 Å². The molecule has 1 fully saturated rings. The number of thioether (sulfide) groups is 1. The molecule has 0 saturated carbocycles. The average Bonchev–Trinajstić information content (AvgIpc) is 2.19. The van der Waals surface area contributed by atoms with Crippen molar-refractivity contribution < 1.29 is 0 Å². The summed E-state index contributed by atoms with van der Waals surface area (Å²) in [5, 5.41) is 3.73. The molecule has 1 atom stereocenters. The fourth-order valence-corrected chi connectivity index (χ4v) is 4.04. The van der Waals surface area contributed by atoms with Crippen molar-refractivity contribution >= 4 is 17.4 Å². The molecule has 2 rings (SSSR count). The normalized spacial score (nSPS) is 23.4. The molecule has 2 heteroatoms. The molecule has 1 aliphatic rings. The van der Waals surface area contributed by atoms with Crippen LogP contribution in [0.15, 0.2) is 18.2 Å². The number of rotatable bonds is 2. The standard InChI is InChI=1S/C15H23NS/c1-11-7-12(2)9-13(8-11)16-14-10-17-6-5-15(14,3)4/h7-9,14,16H,5-6,10H2,1-4H3. The Hall–Kier alpha value is -0.630. The molecule has 1 heterocycles. The molecule has 0 spiro atoms. The maximum Gasteiger partial charge on any atom is 0.0403 e. The van der Waals surface area contributed by atoms with E-state index in [0.29, 0.717) is 11.5 Å². The van der Waals surface area contributed by atoms with Gasteiger partial charge in [0, 0.05) is 17.5 Å². The number of hydrogen-bond acceptors (Lipinski definition) is 2. The van der Waals surface area contributed by atoms with Crippen molar-refractivity contribution in [3.05, 3.63) is 29.3 Å². The zero-order valence-electron chi connectivity index (χ0n) is 11.3. The summed E-state index contributed by atoms with van der Waals surface area (Å²) in [5.74, 6) is 2.53. The van der Waals surface area contributed by atoms with Gasteiger partial charge < -0.3 is 5.32 Å². The van der Waals surface area contributed by atoms with Crippen LogP contribution in [0, 0.1) is 19.3 Å². The van der Waals surface area contributed by atoms with Gasteiger partial charge in [-0.15, -0.1) is 0 Å². The summed E-state index contributed by atoms with van der Waals surface area (Å²) in [6, 6.07) is 7.32. The maximum absolute atomic E-state index is 3.73. The highest BCUT2D eigenvalue weighted by Crippen LogP contribution is 2.36. The third-order valence-electron chi connectivity index (χ3n) is 3.68. The van der Waals surface area contributed by atoms with Crippen molar-refractivity contribution in [2.45, 2.75) is 40.2 Å². The first-order chi connectivity index (χ1) is 7.97. The zero-order valence-corrected chi connectivity index (χ0v) is 12.2. The van der Waals surface area contributed by atoms with E-state index in [9.17, 15) is 0 Å². The van der Waals surface area contributed by atoms with Crippen LogP contribution in [0.5, 0.6) is 0 Å². The van der Waals surface area contributed by atoms with E-state index in [4.69, 9.17) is 0 Å². The van der Waals surface area contributed by atoms with Gasteiger partial charge in [-0.2, -0.15) is 11.8 Å². The van der Waals surface area contributed by atoms with Gasteiger partial charge >= 0.3 is 0 Å². The summed E-state index contributed by atoms with van der Waals surface area (Å²) in [6.07, 6.45) is 1.31. The van der Waals surface area contributed by atoms with Gasteiger partial charge in [-0.1, -0.05) is 19.9 Å². The van der Waals surface area contributed by atoms with Crippen LogP contribution in [0.25, 0.3) is 0 Å². The van der Waals surface area contributed by atoms with Gasteiger partial charge in [0.2, 0.25) is 0 Å². The van der Waals surface area contributed by atoms with Crippen molar-refractivity contribution in [3.8, 4) is 0 Å². The van der Waals surface area contributed by atoms with Crippen LogP contribution in [-0.2, 0) is 0 Å². The molecule has 1 aromatic carbocycles. The minimum absolute atomic E-state index is 0.406. The number of nitrogens with one attached hydrogen (secondary N) is 1. The largest absolute Gasteiger partial charge is 0.381 e. The number of hydrogen-bond donors (Lipinski definition) is 1. The second-order valence-electron chi connectivity index (χ2n) is 5.89. The topological polar surface area (TPSA) is 12.0 Å². The number of benzene rings is 1. The Labute approximate surface area is 109 Å². The van der Waals surface area contributed by atoms with Gasteiger partial charge in [-0.25, -0.2) is 0 Å². The van der Waals surface area contributed by atoms with E-state index in [2.05, 4.69) is 63.0 Å². The minimum Gasteiger partial charge on any atom is -0.381 e. The molecule has 1 N–H and O–H groups in total. The first kappa shape index (κ1) is 12.8. The monoisotopic (exact) mass is 249 g/mol. The lowest BCUT2D eigenvalue weighted by Crippen LogP contribution is -2.41. The number of aryl methyl sites for hydroxylation is 2. The van der Waals surface area contributed by atoms with Crippen LogP contribution < -0.4 is 5.32 Å². The van der Waals surface area contributed by atoms with Gasteiger partial charge in [0.05, 0.1) is 0 Å². The highest BCUT2D eigenvalue weighted by Gasteiger charge is 2.32. The predicted octanol–water partition coefficient (Wildman–Crippen LogP) is 4.25. The van der Waals surface area contributed by atoms with Crippen molar-refractivity contribution in [1.82, 2.24) is 0 Å². The average molecular weight is 249 g/mol. The lowest BCUT2D eigenvalue weighted by atomic mass is 9.82. The first-order valence-electron chi connectivity index (χ1n) is 6.40. The van der Waals surface area contributed by atoms with Gasteiger partial charge in [0.25, 0.3) is 0 Å². The smallest absolute Gasteiger partial charge is 0.0403 e. The van der Waals surface area contributed by atoms with Gasteiger partial charge in [-0.3, -0.25) is 0 Å². The third-order valence-corrected chi connectivity index (χ3v) is 4.74. The Morgan fingerprint density at radius 2 is 1.82 bits per heavy atom. The summed E-state index contributed by atoms with van der Waals surface area (Å²) in [5.41, 5.74) is 4.37. The van der Waals surface area contributed by atoms with E-state index in [-0.39, 0.29) is 0 Å². The summed E-state index contributed by atoms with van der Waals surface area (Å²) in [4.78, 5) is 0. The highest BCUT2D eigenvalue weighted by molar-refractivity contribution is 7.99. The third kappa shape index (κ3) is 3.19. The lowest BCUT2D eigenvalue weighted by Gasteiger charge is -2.39. The Kier molecular flexibility index (Phi) is 3.72. The van der Waals surface area contributed by atoms with Crippen LogP contribution >= 0.6 is 11.8 Å². The second-order valence-corrected chi connectivity index (χ2v) is 7.04. The molecular formula is C15H23NS. The van der Waals surface area contributed by atoms with Gasteiger partial charge in [0.15, 0.2) is 0 Å². The molecule has 0 aromatic heterocycles. The first-order valence-corrected chi connectivity index (χ1v) is 7.55. The Morgan fingerprint density at radius 3 is 2.41 bits per heavy atom. The van der Waals surface area contributed by atoms with Crippen LogP contribution in [0.2, 0.25) is 0 Å². The Bertz CT molecular complexity index is 378. The lowest BCUT2D eigenvalue weighted by molar-refractivity contribution is 0.305. The molecule has 17 heavy (non-hydrogen) atoms. The Balaban J connectivity index is 2.14. The SMILES string of the molecule is Cc1cc(C)cc(NC2CSCCC2(C)C)c1. The fraction of sp³-hybridized carbons (Fsp3) is 0.600. The fourth-order valence-electron chi connectivity index (χ4n) is 2.43. The summed E-state index contributed by atoms with van der Waals surface area (Å²) in [7, 11) is 0. The molecule has 1 aromatic rings. The van der Waals surface area contributed by atoms with Crippen LogP contribution in [0.1, 0.15) is 31.4 Å². The van der Waals surface area contributed by atoms with E-state index < -0.39 is 0 Å². The summed E-state index contributed by atoms with van der Waals surface area (Å²) >= 11 is 2.07. The van der Waals surface area contributed by atoms with Gasteiger partial charge in [0.1, 0.15) is 0 Å². The van der Waals surface area contributed by atoms with Crippen molar-refractivity contribution in [2.75, 3.05) is 16.8 Å². The minimum atomic E-state index is 0.406. The second kappa shape index (κ2) is 4.93. The van der Waals surface area contributed by atoms with E-state index in [1.54, 1.807) is 0 Å². The summed E-state index contributed by atoms with van der Waals surface area (Å²) in [6.45, 7) is 9.10. The highest BCUT2D eigenvalue weighted by atomic mass is 32.2. The number of anilines is 1. The van der Waals surface area contributed by atoms with Crippen molar-refractivity contribution in [2.24, 2.45) is 5.41 Å². The van der Waals surface area contributed by atoms with E-state index >= 15 is 0 Å². The molecule has 1 aliphatic heterocycles. The van der Waals surface area contributed by atoms with Gasteiger partial charge in [-0.05, 0) is 54.7 Å². The molecule has 1 unspecified atom stereocenters. The summed E-state index contributed by atoms with van der Waals surface area (Å²) < 4.78 is 0. The molecular weight excluding hydrogens is 226 g/mol. The predicted molar refractivity (Wildman–Crippen MR) is 79.0 cm³/mol. The van der Waals surface area contributed by atoms with E-state index in [1.807, 2.05) is 0 Å². The van der Waals surface area contributed by atoms with E-state index in [0.717, 1.165) is 0 Å². The van der Waals surface area contributed by atoms with Crippen LogP contribution in [-0.4, -0.2) is 17.5 Å². The zero-order chi connectivity index (χ0) is 12.5. The quantitative estimate of drug-likeness (QED) is 0.841. The van der Waals surface area contributed by atoms with Crippen molar-refractivity contribution in [3.63, 3.8) is 0 Å². The molecule has 0 radical (unpaired) electrons.